The first-order valence-electron chi connectivity index (χ1n) is 7.13. The van der Waals surface area contributed by atoms with Crippen LogP contribution in [0.2, 0.25) is 0 Å². The van der Waals surface area contributed by atoms with Gasteiger partial charge in [-0.2, -0.15) is 0 Å². The molecule has 2 aliphatic rings. The quantitative estimate of drug-likeness (QED) is 0.832. The van der Waals surface area contributed by atoms with Crippen LogP contribution in [0, 0.1) is 5.92 Å². The molecule has 2 amide bonds. The highest BCUT2D eigenvalue weighted by atomic mass is 16.6. The average molecular weight is 268 g/mol. The van der Waals surface area contributed by atoms with Crippen LogP contribution in [-0.2, 0) is 9.53 Å². The fourth-order valence-electron chi connectivity index (χ4n) is 2.25. The van der Waals surface area contributed by atoms with E-state index in [4.69, 9.17) is 4.74 Å². The summed E-state index contributed by atoms with van der Waals surface area (Å²) in [6.45, 7) is 6.86. The maximum Gasteiger partial charge on any atom is 0.410 e. The van der Waals surface area contributed by atoms with Gasteiger partial charge in [-0.3, -0.25) is 4.79 Å². The van der Waals surface area contributed by atoms with Crippen LogP contribution in [0.4, 0.5) is 4.79 Å². The molecule has 0 spiro atoms. The highest BCUT2D eigenvalue weighted by molar-refractivity contribution is 5.81. The van der Waals surface area contributed by atoms with Gasteiger partial charge in [0.2, 0.25) is 5.91 Å². The van der Waals surface area contributed by atoms with Crippen molar-refractivity contribution in [3.05, 3.63) is 0 Å². The third kappa shape index (κ3) is 4.40. The zero-order chi connectivity index (χ0) is 14.0. The number of amides is 2. The monoisotopic (exact) mass is 268 g/mol. The number of carbonyl (C=O) groups excluding carboxylic acids is 2. The van der Waals surface area contributed by atoms with E-state index < -0.39 is 5.60 Å². The van der Waals surface area contributed by atoms with Crippen molar-refractivity contribution in [3.8, 4) is 0 Å². The summed E-state index contributed by atoms with van der Waals surface area (Å²) in [5, 5.41) is 3.04. The second-order valence-electron chi connectivity index (χ2n) is 6.55. The molecular formula is C14H24N2O3. The van der Waals surface area contributed by atoms with E-state index in [2.05, 4.69) is 5.32 Å². The van der Waals surface area contributed by atoms with E-state index in [1.807, 2.05) is 20.8 Å². The topological polar surface area (TPSA) is 58.6 Å². The van der Waals surface area contributed by atoms with Gasteiger partial charge < -0.3 is 15.0 Å². The van der Waals surface area contributed by atoms with Gasteiger partial charge in [-0.1, -0.05) is 0 Å². The largest absolute Gasteiger partial charge is 0.444 e. The van der Waals surface area contributed by atoms with Gasteiger partial charge in [-0.15, -0.1) is 0 Å². The van der Waals surface area contributed by atoms with E-state index in [-0.39, 0.29) is 24.0 Å². The van der Waals surface area contributed by atoms with Crippen molar-refractivity contribution in [2.75, 3.05) is 13.1 Å². The van der Waals surface area contributed by atoms with Gasteiger partial charge in [-0.05, 0) is 46.5 Å². The second-order valence-corrected chi connectivity index (χ2v) is 6.55. The standard InChI is InChI=1S/C14H24N2O3/c1-14(2,3)19-13(18)16-8-4-5-11(9-16)15-12(17)10-6-7-10/h10-11H,4-9H2,1-3H3,(H,15,17). The molecule has 1 aliphatic carbocycles. The number of nitrogens with one attached hydrogen (secondary N) is 1. The molecule has 2 rings (SSSR count). The molecule has 1 saturated carbocycles. The molecule has 0 aromatic rings. The fraction of sp³-hybridized carbons (Fsp3) is 0.857. The van der Waals surface area contributed by atoms with Gasteiger partial charge in [0.1, 0.15) is 5.60 Å². The van der Waals surface area contributed by atoms with E-state index >= 15 is 0 Å². The summed E-state index contributed by atoms with van der Waals surface area (Å²) >= 11 is 0. The fourth-order valence-corrected chi connectivity index (χ4v) is 2.25. The van der Waals surface area contributed by atoms with Crippen LogP contribution in [0.3, 0.4) is 0 Å². The van der Waals surface area contributed by atoms with Crippen molar-refractivity contribution in [1.82, 2.24) is 10.2 Å². The van der Waals surface area contributed by atoms with Gasteiger partial charge in [0.05, 0.1) is 0 Å². The number of hydrogen-bond acceptors (Lipinski definition) is 3. The lowest BCUT2D eigenvalue weighted by molar-refractivity contribution is -0.123. The smallest absolute Gasteiger partial charge is 0.410 e. The number of ether oxygens (including phenoxy) is 1. The number of likely N-dealkylation sites (tertiary alicyclic amines) is 1. The molecule has 1 unspecified atom stereocenters. The molecule has 0 radical (unpaired) electrons. The predicted molar refractivity (Wildman–Crippen MR) is 71.7 cm³/mol. The summed E-state index contributed by atoms with van der Waals surface area (Å²) < 4.78 is 5.36. The van der Waals surface area contributed by atoms with Crippen LogP contribution in [-0.4, -0.2) is 41.6 Å². The molecule has 2 fully saturated rings. The molecule has 1 heterocycles. The first-order chi connectivity index (χ1) is 8.85. The summed E-state index contributed by atoms with van der Waals surface area (Å²) in [6, 6.07) is 0.0781. The highest BCUT2D eigenvalue weighted by Crippen LogP contribution is 2.29. The van der Waals surface area contributed by atoms with Crippen molar-refractivity contribution in [2.45, 2.75) is 58.1 Å². The summed E-state index contributed by atoms with van der Waals surface area (Å²) in [5.74, 6) is 0.368. The predicted octanol–water partition coefficient (Wildman–Crippen LogP) is 1.91. The molecule has 1 saturated heterocycles. The first-order valence-corrected chi connectivity index (χ1v) is 7.13. The minimum absolute atomic E-state index is 0.0781. The van der Waals surface area contributed by atoms with Gasteiger partial charge in [0.25, 0.3) is 0 Å². The van der Waals surface area contributed by atoms with Crippen LogP contribution < -0.4 is 5.32 Å². The van der Waals surface area contributed by atoms with Crippen molar-refractivity contribution in [1.29, 1.82) is 0 Å². The summed E-state index contributed by atoms with van der Waals surface area (Å²) in [5.41, 5.74) is -0.471. The highest BCUT2D eigenvalue weighted by Gasteiger charge is 2.33. The van der Waals surface area contributed by atoms with Crippen molar-refractivity contribution < 1.29 is 14.3 Å². The summed E-state index contributed by atoms with van der Waals surface area (Å²) in [4.78, 5) is 25.4. The number of rotatable bonds is 2. The third-order valence-electron chi connectivity index (χ3n) is 3.37. The van der Waals surface area contributed by atoms with Crippen molar-refractivity contribution >= 4 is 12.0 Å². The van der Waals surface area contributed by atoms with Crippen LogP contribution in [0.15, 0.2) is 0 Å². The van der Waals surface area contributed by atoms with E-state index in [1.54, 1.807) is 4.90 Å². The second kappa shape index (κ2) is 5.39. The molecule has 19 heavy (non-hydrogen) atoms. The molecule has 5 heteroatoms. The molecule has 1 aliphatic heterocycles. The number of carbonyl (C=O) groups is 2. The normalized spacial score (nSPS) is 23.9. The molecule has 5 nitrogen and oxygen atoms in total. The van der Waals surface area contributed by atoms with Crippen LogP contribution >= 0.6 is 0 Å². The Balaban J connectivity index is 1.82. The van der Waals surface area contributed by atoms with E-state index in [1.165, 1.54) is 0 Å². The third-order valence-corrected chi connectivity index (χ3v) is 3.37. The molecular weight excluding hydrogens is 244 g/mol. The zero-order valence-corrected chi connectivity index (χ0v) is 12.1. The Bertz CT molecular complexity index is 358. The number of nitrogens with zero attached hydrogens (tertiary/aromatic N) is 1. The molecule has 0 bridgehead atoms. The van der Waals surface area contributed by atoms with Crippen molar-refractivity contribution in [2.24, 2.45) is 5.92 Å². The van der Waals surface area contributed by atoms with Gasteiger partial charge in [0, 0.05) is 25.0 Å². The maximum absolute atomic E-state index is 12.0. The lowest BCUT2D eigenvalue weighted by Crippen LogP contribution is -2.51. The van der Waals surface area contributed by atoms with Gasteiger partial charge in [-0.25, -0.2) is 4.79 Å². The van der Waals surface area contributed by atoms with Gasteiger partial charge in [0.15, 0.2) is 0 Å². The average Bonchev–Trinajstić information content (AvgIpc) is 3.10. The Kier molecular flexibility index (Phi) is 4.02. The molecule has 1 N–H and O–H groups in total. The van der Waals surface area contributed by atoms with Crippen LogP contribution in [0.25, 0.3) is 0 Å². The lowest BCUT2D eigenvalue weighted by Gasteiger charge is -2.34. The Hall–Kier alpha value is -1.26. The Morgan fingerprint density at radius 3 is 2.47 bits per heavy atom. The molecule has 1 atom stereocenters. The number of piperidine rings is 1. The Morgan fingerprint density at radius 2 is 1.89 bits per heavy atom. The SMILES string of the molecule is CC(C)(C)OC(=O)N1CCCC(NC(=O)C2CC2)C1. The van der Waals surface area contributed by atoms with E-state index in [0.717, 1.165) is 25.7 Å². The summed E-state index contributed by atoms with van der Waals surface area (Å²) in [7, 11) is 0. The zero-order valence-electron chi connectivity index (χ0n) is 12.1. The van der Waals surface area contributed by atoms with E-state index in [9.17, 15) is 9.59 Å². The minimum Gasteiger partial charge on any atom is -0.444 e. The Labute approximate surface area is 114 Å². The molecule has 0 aromatic heterocycles. The van der Waals surface area contributed by atoms with Gasteiger partial charge >= 0.3 is 6.09 Å². The molecule has 0 aromatic carbocycles. The Morgan fingerprint density at radius 1 is 1.21 bits per heavy atom. The number of hydrogen-bond donors (Lipinski definition) is 1. The van der Waals surface area contributed by atoms with Crippen molar-refractivity contribution in [3.63, 3.8) is 0 Å². The van der Waals surface area contributed by atoms with E-state index in [0.29, 0.717) is 13.1 Å². The minimum atomic E-state index is -0.471. The lowest BCUT2D eigenvalue weighted by atomic mass is 10.1. The maximum atomic E-state index is 12.0. The van der Waals surface area contributed by atoms with Crippen LogP contribution in [0.1, 0.15) is 46.5 Å². The summed E-state index contributed by atoms with van der Waals surface area (Å²) in [6.07, 6.45) is 3.59. The van der Waals surface area contributed by atoms with Crippen LogP contribution in [0.5, 0.6) is 0 Å². The molecule has 108 valence electrons. The first kappa shape index (κ1) is 14.2.